The second-order valence-corrected chi connectivity index (χ2v) is 3.88. The lowest BCUT2D eigenvalue weighted by atomic mass is 10.5. The first-order valence-corrected chi connectivity index (χ1v) is 4.91. The van der Waals surface area contributed by atoms with Crippen LogP contribution in [-0.4, -0.2) is 20.4 Å². The summed E-state index contributed by atoms with van der Waals surface area (Å²) in [5.74, 6) is 0.103. The summed E-state index contributed by atoms with van der Waals surface area (Å²) in [7, 11) is 0.850. The lowest BCUT2D eigenvalue weighted by Gasteiger charge is -2.02. The maximum atomic E-state index is 10.1. The fourth-order valence-corrected chi connectivity index (χ4v) is 1.19. The molecule has 0 aromatic rings. The van der Waals surface area contributed by atoms with Crippen molar-refractivity contribution in [1.29, 1.82) is 0 Å². The molecule has 0 aromatic heterocycles. The predicted molar refractivity (Wildman–Crippen MR) is 36.0 cm³/mol. The van der Waals surface area contributed by atoms with E-state index in [0.29, 0.717) is 0 Å². The number of alkyl halides is 1. The van der Waals surface area contributed by atoms with E-state index >= 15 is 0 Å². The molecule has 3 nitrogen and oxygen atoms in total. The lowest BCUT2D eigenvalue weighted by molar-refractivity contribution is 0.260. The molecule has 1 atom stereocenters. The van der Waals surface area contributed by atoms with Gasteiger partial charge < -0.3 is 0 Å². The number of hydrogen-bond donors (Lipinski definition) is 0. The van der Waals surface area contributed by atoms with Crippen LogP contribution in [0.25, 0.3) is 0 Å². The molecule has 0 aromatic carbocycles. The van der Waals surface area contributed by atoms with Crippen LogP contribution in [0.15, 0.2) is 0 Å². The monoisotopic (exact) mass is 192 g/mol. The van der Waals surface area contributed by atoms with Gasteiger partial charge >= 0.3 is 9.33 Å². The summed E-state index contributed by atoms with van der Waals surface area (Å²) in [6.07, 6.45) is -0.561. The Labute approximate surface area is 63.5 Å². The Kier molecular flexibility index (Phi) is 3.80. The van der Waals surface area contributed by atoms with Gasteiger partial charge in [-0.3, -0.25) is 4.18 Å². The molecule has 0 saturated heterocycles. The second-order valence-electron chi connectivity index (χ2n) is 1.45. The van der Waals surface area contributed by atoms with Crippen molar-refractivity contribution in [3.05, 3.63) is 0 Å². The van der Waals surface area contributed by atoms with Crippen molar-refractivity contribution >= 4 is 31.6 Å². The summed E-state index contributed by atoms with van der Waals surface area (Å²) >= 11 is 5.21. The fraction of sp³-hybridized carbons (Fsp3) is 1.00. The third-order valence-electron chi connectivity index (χ3n) is 0.497. The minimum atomic E-state index is -3.85. The van der Waals surface area contributed by atoms with Gasteiger partial charge in [0.05, 0.1) is 6.10 Å². The van der Waals surface area contributed by atoms with Crippen molar-refractivity contribution in [2.75, 3.05) is 5.88 Å². The molecule has 0 amide bonds. The van der Waals surface area contributed by atoms with Gasteiger partial charge in [-0.25, -0.2) is 0 Å². The zero-order valence-electron chi connectivity index (χ0n) is 4.67. The Bertz CT molecular complexity index is 164. The smallest absolute Gasteiger partial charge is 0.254 e. The minimum Gasteiger partial charge on any atom is -0.254 e. The Morgan fingerprint density at radius 3 is 2.22 bits per heavy atom. The average Bonchev–Trinajstić information content (AvgIpc) is 1.62. The summed E-state index contributed by atoms with van der Waals surface area (Å²) in [6.45, 7) is 1.51. The van der Waals surface area contributed by atoms with Gasteiger partial charge in [-0.05, 0) is 6.92 Å². The second kappa shape index (κ2) is 3.61. The van der Waals surface area contributed by atoms with Crippen molar-refractivity contribution in [1.82, 2.24) is 0 Å². The highest BCUT2D eigenvalue weighted by Gasteiger charge is 2.10. The van der Waals surface area contributed by atoms with Gasteiger partial charge in [0.2, 0.25) is 0 Å². The molecule has 0 spiro atoms. The van der Waals surface area contributed by atoms with Crippen molar-refractivity contribution in [3.8, 4) is 0 Å². The van der Waals surface area contributed by atoms with Crippen LogP contribution < -0.4 is 0 Å². The molecule has 0 aliphatic rings. The van der Waals surface area contributed by atoms with Crippen LogP contribution in [0, 0.1) is 0 Å². The van der Waals surface area contributed by atoms with Crippen LogP contribution in [0.3, 0.4) is 0 Å². The molecule has 56 valence electrons. The lowest BCUT2D eigenvalue weighted by Crippen LogP contribution is -2.11. The Hall–Kier alpha value is 0.490. The number of halogens is 2. The molecule has 0 aliphatic carbocycles. The summed E-state index contributed by atoms with van der Waals surface area (Å²) in [6, 6.07) is 0. The van der Waals surface area contributed by atoms with Crippen molar-refractivity contribution < 1.29 is 12.6 Å². The molecule has 0 rings (SSSR count). The molecule has 6 heteroatoms. The van der Waals surface area contributed by atoms with E-state index in [9.17, 15) is 8.42 Å². The maximum Gasteiger partial charge on any atom is 0.355 e. The normalized spacial score (nSPS) is 15.4. The third-order valence-corrected chi connectivity index (χ3v) is 1.71. The highest BCUT2D eigenvalue weighted by atomic mass is 35.7. The van der Waals surface area contributed by atoms with E-state index < -0.39 is 15.4 Å². The zero-order chi connectivity index (χ0) is 7.49. The molecular weight excluding hydrogens is 187 g/mol. The molecular formula is C3H6Cl2O3S. The molecule has 0 heterocycles. The van der Waals surface area contributed by atoms with E-state index in [1.807, 2.05) is 0 Å². The first kappa shape index (κ1) is 9.49. The van der Waals surface area contributed by atoms with Gasteiger partial charge in [-0.1, -0.05) is 0 Å². The van der Waals surface area contributed by atoms with Gasteiger partial charge in [-0.2, -0.15) is 8.42 Å². The maximum absolute atomic E-state index is 10.1. The SMILES string of the molecule is CC(CCl)OS(=O)(=O)Cl. The zero-order valence-corrected chi connectivity index (χ0v) is 7.00. The van der Waals surface area contributed by atoms with Crippen LogP contribution >= 0.6 is 22.3 Å². The number of rotatable bonds is 3. The van der Waals surface area contributed by atoms with Gasteiger partial charge in [0, 0.05) is 16.6 Å². The van der Waals surface area contributed by atoms with Gasteiger partial charge in [-0.15, -0.1) is 11.6 Å². The van der Waals surface area contributed by atoms with E-state index in [4.69, 9.17) is 22.3 Å². The van der Waals surface area contributed by atoms with Crippen LogP contribution in [-0.2, 0) is 13.5 Å². The van der Waals surface area contributed by atoms with E-state index in [0.717, 1.165) is 0 Å². The van der Waals surface area contributed by atoms with Gasteiger partial charge in [0.1, 0.15) is 0 Å². The molecule has 0 aliphatic heterocycles. The molecule has 0 N–H and O–H groups in total. The van der Waals surface area contributed by atoms with Gasteiger partial charge in [0.15, 0.2) is 0 Å². The highest BCUT2D eigenvalue weighted by molar-refractivity contribution is 8.10. The van der Waals surface area contributed by atoms with E-state index in [-0.39, 0.29) is 5.88 Å². The van der Waals surface area contributed by atoms with Crippen LogP contribution in [0.5, 0.6) is 0 Å². The van der Waals surface area contributed by atoms with Gasteiger partial charge in [0.25, 0.3) is 0 Å². The van der Waals surface area contributed by atoms with Crippen molar-refractivity contribution in [2.45, 2.75) is 13.0 Å². The van der Waals surface area contributed by atoms with Crippen LogP contribution in [0.1, 0.15) is 6.92 Å². The largest absolute Gasteiger partial charge is 0.355 e. The summed E-state index contributed by atoms with van der Waals surface area (Å²) < 4.78 is 24.4. The molecule has 0 saturated carbocycles. The third kappa shape index (κ3) is 6.37. The Balaban J connectivity index is 3.75. The predicted octanol–water partition coefficient (Wildman–Crippen LogP) is 1.11. The Morgan fingerprint density at radius 1 is 1.67 bits per heavy atom. The topological polar surface area (TPSA) is 43.4 Å². The molecule has 9 heavy (non-hydrogen) atoms. The first-order chi connectivity index (χ1) is 3.95. The first-order valence-electron chi connectivity index (χ1n) is 2.14. The fourth-order valence-electron chi connectivity index (χ4n) is 0.222. The number of hydrogen-bond acceptors (Lipinski definition) is 3. The standard InChI is InChI=1S/C3H6Cl2O3S/c1-3(2-4)8-9(5,6)7/h3H,2H2,1H3. The molecule has 1 unspecified atom stereocenters. The van der Waals surface area contributed by atoms with Crippen molar-refractivity contribution in [2.24, 2.45) is 0 Å². The Morgan fingerprint density at radius 2 is 2.11 bits per heavy atom. The molecule has 0 bridgehead atoms. The van der Waals surface area contributed by atoms with E-state index in [1.54, 1.807) is 0 Å². The summed E-state index contributed by atoms with van der Waals surface area (Å²) in [5, 5.41) is 0. The van der Waals surface area contributed by atoms with Crippen LogP contribution in [0.2, 0.25) is 0 Å². The van der Waals surface area contributed by atoms with Crippen LogP contribution in [0.4, 0.5) is 0 Å². The van der Waals surface area contributed by atoms with Crippen molar-refractivity contribution in [3.63, 3.8) is 0 Å². The minimum absolute atomic E-state index is 0.103. The highest BCUT2D eigenvalue weighted by Crippen LogP contribution is 2.04. The van der Waals surface area contributed by atoms with E-state index in [1.165, 1.54) is 6.92 Å². The quantitative estimate of drug-likeness (QED) is 0.498. The summed E-state index contributed by atoms with van der Waals surface area (Å²) in [4.78, 5) is 0. The van der Waals surface area contributed by atoms with E-state index in [2.05, 4.69) is 4.18 Å². The summed E-state index contributed by atoms with van der Waals surface area (Å²) in [5.41, 5.74) is 0. The molecule has 0 fully saturated rings. The molecule has 0 radical (unpaired) electrons. The average molecular weight is 193 g/mol.